The van der Waals surface area contributed by atoms with E-state index in [1.165, 1.54) is 23.1 Å². The van der Waals surface area contributed by atoms with Gasteiger partial charge in [-0.3, -0.25) is 9.59 Å². The van der Waals surface area contributed by atoms with Crippen molar-refractivity contribution in [2.45, 2.75) is 10.1 Å². The lowest BCUT2D eigenvalue weighted by Gasteiger charge is -2.17. The van der Waals surface area contributed by atoms with Gasteiger partial charge in [-0.05, 0) is 35.9 Å². The number of carbonyl (C=O) groups excluding carboxylic acids is 2. The van der Waals surface area contributed by atoms with Crippen molar-refractivity contribution in [2.75, 3.05) is 17.7 Å². The molecule has 1 atom stereocenters. The molecule has 4 aromatic rings. The van der Waals surface area contributed by atoms with Crippen LogP contribution >= 0.6 is 23.1 Å². The van der Waals surface area contributed by atoms with Crippen molar-refractivity contribution >= 4 is 51.7 Å². The summed E-state index contributed by atoms with van der Waals surface area (Å²) in [7, 11) is 1.60. The number of benzene rings is 3. The summed E-state index contributed by atoms with van der Waals surface area (Å²) in [5.41, 5.74) is 2.89. The summed E-state index contributed by atoms with van der Waals surface area (Å²) in [4.78, 5) is 41.4. The maximum atomic E-state index is 13.5. The summed E-state index contributed by atoms with van der Waals surface area (Å²) in [5.74, 6) is -1.30. The number of thioether (sulfide) groups is 1. The van der Waals surface area contributed by atoms with Crippen LogP contribution in [0.4, 0.5) is 10.8 Å². The molecule has 2 amide bonds. The molecule has 8 nitrogen and oxygen atoms in total. The molecule has 3 N–H and O–H groups in total. The molecule has 38 heavy (non-hydrogen) atoms. The van der Waals surface area contributed by atoms with E-state index in [0.29, 0.717) is 10.8 Å². The summed E-state index contributed by atoms with van der Waals surface area (Å²) in [5, 5.41) is 16.0. The number of ether oxygens (including phenoxy) is 1. The third-order valence-electron chi connectivity index (χ3n) is 5.17. The largest absolute Gasteiger partial charge is 0.497 e. The Bertz CT molecular complexity index is 1470. The first-order chi connectivity index (χ1) is 18.4. The number of aromatic nitrogens is 1. The van der Waals surface area contributed by atoms with Gasteiger partial charge in [-0.2, -0.15) is 0 Å². The van der Waals surface area contributed by atoms with Crippen molar-refractivity contribution in [1.29, 1.82) is 0 Å². The van der Waals surface area contributed by atoms with Crippen LogP contribution in [0.2, 0.25) is 0 Å². The fourth-order valence-corrected chi connectivity index (χ4v) is 5.24. The zero-order chi connectivity index (χ0) is 26.9. The zero-order valence-electron chi connectivity index (χ0n) is 20.2. The van der Waals surface area contributed by atoms with E-state index in [1.807, 2.05) is 66.0 Å². The molecule has 192 valence electrons. The van der Waals surface area contributed by atoms with Gasteiger partial charge in [0, 0.05) is 33.7 Å². The second kappa shape index (κ2) is 12.7. The topological polar surface area (TPSA) is 118 Å². The first-order valence-electron chi connectivity index (χ1n) is 11.4. The summed E-state index contributed by atoms with van der Waals surface area (Å²) >= 11 is 2.65. The number of rotatable bonds is 10. The molecule has 0 aliphatic carbocycles. The van der Waals surface area contributed by atoms with Crippen molar-refractivity contribution in [2.24, 2.45) is 0 Å². The molecule has 10 heteroatoms. The highest BCUT2D eigenvalue weighted by atomic mass is 32.2. The molecule has 1 heterocycles. The number of methoxy groups -OCH3 is 1. The van der Waals surface area contributed by atoms with Gasteiger partial charge in [0.05, 0.1) is 12.8 Å². The molecule has 0 aliphatic rings. The summed E-state index contributed by atoms with van der Waals surface area (Å²) < 4.78 is 5.29. The SMILES string of the molecule is COc1cccc(-c2csc(NC(=O)C(Sc3cccc(NC(=O)/C=C/C(=O)O)c3)c3ccccc3)n2)c1. The third kappa shape index (κ3) is 7.31. The van der Waals surface area contributed by atoms with E-state index < -0.39 is 17.1 Å². The Morgan fingerprint density at radius 1 is 0.974 bits per heavy atom. The lowest BCUT2D eigenvalue weighted by atomic mass is 10.1. The second-order valence-electron chi connectivity index (χ2n) is 7.86. The minimum atomic E-state index is -1.21. The number of nitrogens with one attached hydrogen (secondary N) is 2. The number of nitrogens with zero attached hydrogens (tertiary/aromatic N) is 1. The Balaban J connectivity index is 1.52. The van der Waals surface area contributed by atoms with Crippen LogP contribution in [0.1, 0.15) is 10.8 Å². The number of carboxylic acid groups (broad SMARTS) is 1. The molecule has 1 unspecified atom stereocenters. The van der Waals surface area contributed by atoms with Gasteiger partial charge in [0.1, 0.15) is 11.0 Å². The van der Waals surface area contributed by atoms with E-state index in [9.17, 15) is 14.4 Å². The monoisotopic (exact) mass is 545 g/mol. The van der Waals surface area contributed by atoms with Crippen LogP contribution in [-0.4, -0.2) is 35.0 Å². The fraction of sp³-hybridized carbons (Fsp3) is 0.0714. The van der Waals surface area contributed by atoms with Gasteiger partial charge < -0.3 is 20.5 Å². The Kier molecular flexibility index (Phi) is 8.91. The molecule has 0 aliphatic heterocycles. The van der Waals surface area contributed by atoms with Crippen molar-refractivity contribution in [3.8, 4) is 17.0 Å². The average molecular weight is 546 g/mol. The quantitative estimate of drug-likeness (QED) is 0.168. The highest BCUT2D eigenvalue weighted by Gasteiger charge is 2.23. The lowest BCUT2D eigenvalue weighted by Crippen LogP contribution is -2.19. The summed E-state index contributed by atoms with van der Waals surface area (Å²) in [6.45, 7) is 0. The number of thiazole rings is 1. The zero-order valence-corrected chi connectivity index (χ0v) is 21.8. The Morgan fingerprint density at radius 3 is 2.53 bits per heavy atom. The Morgan fingerprint density at radius 2 is 1.76 bits per heavy atom. The smallest absolute Gasteiger partial charge is 0.328 e. The Hall–Kier alpha value is -4.41. The van der Waals surface area contributed by atoms with E-state index in [0.717, 1.165) is 39.6 Å². The van der Waals surface area contributed by atoms with Crippen LogP contribution < -0.4 is 15.4 Å². The fourth-order valence-electron chi connectivity index (χ4n) is 3.43. The first-order valence-corrected chi connectivity index (χ1v) is 13.1. The van der Waals surface area contributed by atoms with Gasteiger partial charge in [0.2, 0.25) is 11.8 Å². The number of hydrogen-bond donors (Lipinski definition) is 3. The standard InChI is InChI=1S/C28H23N3O5S2/c1-36-21-11-5-9-19(15-21)23-17-37-28(30-23)31-27(35)26(18-7-3-2-4-8-18)38-22-12-6-10-20(16-22)29-24(32)13-14-25(33)34/h2-17,26H,1H3,(H,29,32)(H,33,34)(H,30,31,35)/b14-13+. The normalized spacial score (nSPS) is 11.6. The summed E-state index contributed by atoms with van der Waals surface area (Å²) in [6.07, 6.45) is 1.71. The maximum Gasteiger partial charge on any atom is 0.328 e. The van der Waals surface area contributed by atoms with E-state index in [-0.39, 0.29) is 5.91 Å². The molecule has 0 radical (unpaired) electrons. The van der Waals surface area contributed by atoms with Crippen LogP contribution in [0.25, 0.3) is 11.3 Å². The van der Waals surface area contributed by atoms with Crippen molar-refractivity contribution in [3.05, 3.63) is 102 Å². The minimum absolute atomic E-state index is 0.244. The van der Waals surface area contributed by atoms with Gasteiger partial charge in [0.15, 0.2) is 5.13 Å². The van der Waals surface area contributed by atoms with Crippen molar-refractivity contribution in [3.63, 3.8) is 0 Å². The van der Waals surface area contributed by atoms with E-state index >= 15 is 0 Å². The highest BCUT2D eigenvalue weighted by Crippen LogP contribution is 2.38. The van der Waals surface area contributed by atoms with Crippen molar-refractivity contribution < 1.29 is 24.2 Å². The minimum Gasteiger partial charge on any atom is -0.497 e. The second-order valence-corrected chi connectivity index (χ2v) is 9.89. The number of carbonyl (C=O) groups is 3. The highest BCUT2D eigenvalue weighted by molar-refractivity contribution is 8.00. The number of hydrogen-bond acceptors (Lipinski definition) is 7. The molecule has 1 aromatic heterocycles. The van der Waals surface area contributed by atoms with Crippen LogP contribution in [-0.2, 0) is 14.4 Å². The van der Waals surface area contributed by atoms with Crippen molar-refractivity contribution in [1.82, 2.24) is 4.98 Å². The molecule has 0 saturated carbocycles. The van der Waals surface area contributed by atoms with Gasteiger partial charge in [-0.15, -0.1) is 23.1 Å². The number of aliphatic carboxylic acids is 1. The van der Waals surface area contributed by atoms with E-state index in [4.69, 9.17) is 9.84 Å². The molecule has 3 aromatic carbocycles. The predicted octanol–water partition coefficient (Wildman–Crippen LogP) is 5.87. The van der Waals surface area contributed by atoms with E-state index in [1.54, 1.807) is 25.3 Å². The van der Waals surface area contributed by atoms with Gasteiger partial charge >= 0.3 is 5.97 Å². The van der Waals surface area contributed by atoms with Gasteiger partial charge in [-0.1, -0.05) is 48.5 Å². The first kappa shape index (κ1) is 26.6. The average Bonchev–Trinajstić information content (AvgIpc) is 3.39. The molecule has 0 bridgehead atoms. The number of amides is 2. The van der Waals surface area contributed by atoms with E-state index in [2.05, 4.69) is 15.6 Å². The lowest BCUT2D eigenvalue weighted by molar-refractivity contribution is -0.131. The van der Waals surface area contributed by atoms with Crippen LogP contribution in [0.3, 0.4) is 0 Å². The predicted molar refractivity (Wildman–Crippen MR) is 150 cm³/mol. The third-order valence-corrected chi connectivity index (χ3v) is 7.18. The van der Waals surface area contributed by atoms with Crippen LogP contribution in [0.5, 0.6) is 5.75 Å². The van der Waals surface area contributed by atoms with Gasteiger partial charge in [0.25, 0.3) is 0 Å². The maximum absolute atomic E-state index is 13.5. The number of carboxylic acids is 1. The van der Waals surface area contributed by atoms with Crippen LogP contribution in [0.15, 0.2) is 101 Å². The Labute approximate surface area is 227 Å². The molecule has 0 saturated heterocycles. The molecule has 0 fully saturated rings. The van der Waals surface area contributed by atoms with Crippen LogP contribution in [0, 0.1) is 0 Å². The number of anilines is 2. The molecule has 4 rings (SSSR count). The molecular formula is C28H23N3O5S2. The molecular weight excluding hydrogens is 522 g/mol. The van der Waals surface area contributed by atoms with Gasteiger partial charge in [-0.25, -0.2) is 9.78 Å². The molecule has 0 spiro atoms. The summed E-state index contributed by atoms with van der Waals surface area (Å²) in [6, 6.07) is 23.9.